The monoisotopic (exact) mass is 292 g/mol. The average Bonchev–Trinajstić information content (AvgIpc) is 2.43. The van der Waals surface area contributed by atoms with Crippen LogP contribution in [0.4, 0.5) is 20.2 Å². The van der Waals surface area contributed by atoms with Crippen LogP contribution in [-0.4, -0.2) is 10.8 Å². The highest BCUT2D eigenvalue weighted by Gasteiger charge is 2.16. The zero-order chi connectivity index (χ0) is 15.6. The average molecular weight is 292 g/mol. The van der Waals surface area contributed by atoms with Gasteiger partial charge < -0.3 is 5.32 Å². The quantitative estimate of drug-likeness (QED) is 0.695. The summed E-state index contributed by atoms with van der Waals surface area (Å²) in [5, 5.41) is 12.8. The maximum atomic E-state index is 13.6. The summed E-state index contributed by atoms with van der Waals surface area (Å²) < 4.78 is 27.1. The molecule has 0 aliphatic rings. The summed E-state index contributed by atoms with van der Waals surface area (Å²) in [5.74, 6) is -2.48. The van der Waals surface area contributed by atoms with Crippen LogP contribution in [0.3, 0.4) is 0 Å². The van der Waals surface area contributed by atoms with Crippen LogP contribution in [0, 0.1) is 28.7 Å². The largest absolute Gasteiger partial charge is 0.319 e. The predicted molar refractivity (Wildman–Crippen MR) is 72.1 cm³/mol. The standard InChI is InChI=1S/C14H10F2N2O3/c1-8-2-4-11(15)10(6-8)14(19)17-13-7-9(18(20)21)3-5-12(13)16/h2-7H,1H3,(H,17,19). The molecule has 2 rings (SSSR count). The minimum Gasteiger partial charge on any atom is -0.319 e. The van der Waals surface area contributed by atoms with Gasteiger partial charge in [0.2, 0.25) is 0 Å². The molecule has 2 aromatic carbocycles. The molecule has 0 atom stereocenters. The number of nitro groups is 1. The number of carbonyl (C=O) groups is 1. The number of halogens is 2. The summed E-state index contributed by atoms with van der Waals surface area (Å²) >= 11 is 0. The second kappa shape index (κ2) is 5.66. The molecule has 1 amide bonds. The van der Waals surface area contributed by atoms with Gasteiger partial charge in [0.1, 0.15) is 11.6 Å². The van der Waals surface area contributed by atoms with Crippen LogP contribution in [0.1, 0.15) is 15.9 Å². The number of non-ortho nitro benzene ring substituents is 1. The molecule has 0 aliphatic carbocycles. The maximum Gasteiger partial charge on any atom is 0.271 e. The van der Waals surface area contributed by atoms with Gasteiger partial charge in [-0.3, -0.25) is 14.9 Å². The van der Waals surface area contributed by atoms with E-state index in [-0.39, 0.29) is 16.9 Å². The molecule has 0 aromatic heterocycles. The van der Waals surface area contributed by atoms with Gasteiger partial charge in [0.25, 0.3) is 11.6 Å². The van der Waals surface area contributed by atoms with E-state index in [0.717, 1.165) is 24.3 Å². The van der Waals surface area contributed by atoms with Crippen LogP contribution < -0.4 is 5.32 Å². The van der Waals surface area contributed by atoms with Crippen molar-refractivity contribution in [3.05, 3.63) is 69.3 Å². The number of hydrogen-bond donors (Lipinski definition) is 1. The van der Waals surface area contributed by atoms with Gasteiger partial charge in [-0.2, -0.15) is 0 Å². The molecular weight excluding hydrogens is 282 g/mol. The number of nitro benzene ring substituents is 1. The Morgan fingerprint density at radius 3 is 2.48 bits per heavy atom. The van der Waals surface area contributed by atoms with Crippen LogP contribution >= 0.6 is 0 Å². The molecule has 0 radical (unpaired) electrons. The first kappa shape index (κ1) is 14.6. The topological polar surface area (TPSA) is 72.2 Å². The van der Waals surface area contributed by atoms with Crippen molar-refractivity contribution in [3.63, 3.8) is 0 Å². The Morgan fingerprint density at radius 1 is 1.14 bits per heavy atom. The van der Waals surface area contributed by atoms with E-state index in [0.29, 0.717) is 5.56 Å². The van der Waals surface area contributed by atoms with Gasteiger partial charge >= 0.3 is 0 Å². The molecule has 21 heavy (non-hydrogen) atoms. The van der Waals surface area contributed by atoms with Crippen LogP contribution in [-0.2, 0) is 0 Å². The highest BCUT2D eigenvalue weighted by atomic mass is 19.1. The smallest absolute Gasteiger partial charge is 0.271 e. The molecule has 0 aliphatic heterocycles. The Bertz CT molecular complexity index is 732. The second-order valence-corrected chi connectivity index (χ2v) is 4.36. The normalized spacial score (nSPS) is 10.2. The van der Waals surface area contributed by atoms with Gasteiger partial charge in [0, 0.05) is 12.1 Å². The zero-order valence-corrected chi connectivity index (χ0v) is 10.9. The lowest BCUT2D eigenvalue weighted by Crippen LogP contribution is -2.15. The number of aryl methyl sites for hydroxylation is 1. The SMILES string of the molecule is Cc1ccc(F)c(C(=O)Nc2cc([N+](=O)[O-])ccc2F)c1. The third kappa shape index (κ3) is 3.19. The second-order valence-electron chi connectivity index (χ2n) is 4.36. The molecule has 0 fully saturated rings. The molecule has 0 unspecified atom stereocenters. The lowest BCUT2D eigenvalue weighted by molar-refractivity contribution is -0.384. The van der Waals surface area contributed by atoms with Crippen LogP contribution in [0.2, 0.25) is 0 Å². The highest BCUT2D eigenvalue weighted by molar-refractivity contribution is 6.04. The lowest BCUT2D eigenvalue weighted by Gasteiger charge is -2.08. The summed E-state index contributed by atoms with van der Waals surface area (Å²) in [6.07, 6.45) is 0. The Hall–Kier alpha value is -2.83. The molecular formula is C14H10F2N2O3. The molecule has 0 saturated carbocycles. The number of hydrogen-bond acceptors (Lipinski definition) is 3. The predicted octanol–water partition coefficient (Wildman–Crippen LogP) is 3.43. The van der Waals surface area contributed by atoms with E-state index in [2.05, 4.69) is 5.32 Å². The number of nitrogens with zero attached hydrogens (tertiary/aromatic N) is 1. The molecule has 0 saturated heterocycles. The number of benzene rings is 2. The molecule has 0 spiro atoms. The van der Waals surface area contributed by atoms with Crippen molar-refractivity contribution in [1.29, 1.82) is 0 Å². The van der Waals surface area contributed by atoms with Crippen molar-refractivity contribution < 1.29 is 18.5 Å². The number of nitrogens with one attached hydrogen (secondary N) is 1. The Morgan fingerprint density at radius 2 is 1.81 bits per heavy atom. The summed E-state index contributed by atoms with van der Waals surface area (Å²) in [5.41, 5.74) is -0.367. The van der Waals surface area contributed by atoms with E-state index < -0.39 is 22.5 Å². The summed E-state index contributed by atoms with van der Waals surface area (Å²) in [6.45, 7) is 1.67. The van der Waals surface area contributed by atoms with Crippen molar-refractivity contribution in [2.45, 2.75) is 6.92 Å². The summed E-state index contributed by atoms with van der Waals surface area (Å²) in [4.78, 5) is 21.8. The Labute approximate surface area is 118 Å². The molecule has 1 N–H and O–H groups in total. The zero-order valence-electron chi connectivity index (χ0n) is 10.9. The highest BCUT2D eigenvalue weighted by Crippen LogP contribution is 2.22. The van der Waals surface area contributed by atoms with Crippen LogP contribution in [0.15, 0.2) is 36.4 Å². The minimum absolute atomic E-state index is 0.263. The molecule has 7 heteroatoms. The van der Waals surface area contributed by atoms with Crippen LogP contribution in [0.5, 0.6) is 0 Å². The van der Waals surface area contributed by atoms with E-state index >= 15 is 0 Å². The minimum atomic E-state index is -0.879. The van der Waals surface area contributed by atoms with Crippen molar-refractivity contribution in [2.24, 2.45) is 0 Å². The van der Waals surface area contributed by atoms with E-state index in [1.54, 1.807) is 6.92 Å². The first-order valence-electron chi connectivity index (χ1n) is 5.90. The van der Waals surface area contributed by atoms with Crippen molar-refractivity contribution in [2.75, 3.05) is 5.32 Å². The van der Waals surface area contributed by atoms with Gasteiger partial charge in [-0.05, 0) is 25.1 Å². The van der Waals surface area contributed by atoms with E-state index in [1.165, 1.54) is 12.1 Å². The molecule has 0 bridgehead atoms. The number of amides is 1. The van der Waals surface area contributed by atoms with Gasteiger partial charge in [0.15, 0.2) is 0 Å². The van der Waals surface area contributed by atoms with Crippen molar-refractivity contribution in [1.82, 2.24) is 0 Å². The Balaban J connectivity index is 2.33. The summed E-state index contributed by atoms with van der Waals surface area (Å²) in [7, 11) is 0. The fourth-order valence-electron chi connectivity index (χ4n) is 1.73. The van der Waals surface area contributed by atoms with E-state index in [4.69, 9.17) is 0 Å². The van der Waals surface area contributed by atoms with Crippen molar-refractivity contribution in [3.8, 4) is 0 Å². The summed E-state index contributed by atoms with van der Waals surface area (Å²) in [6, 6.07) is 6.62. The van der Waals surface area contributed by atoms with Gasteiger partial charge in [-0.1, -0.05) is 11.6 Å². The number of rotatable bonds is 3. The van der Waals surface area contributed by atoms with E-state index in [1.807, 2.05) is 0 Å². The first-order valence-corrected chi connectivity index (χ1v) is 5.90. The number of anilines is 1. The molecule has 108 valence electrons. The maximum absolute atomic E-state index is 13.6. The lowest BCUT2D eigenvalue weighted by atomic mass is 10.1. The fraction of sp³-hybridized carbons (Fsp3) is 0.0714. The molecule has 5 nitrogen and oxygen atoms in total. The third-order valence-corrected chi connectivity index (χ3v) is 2.78. The third-order valence-electron chi connectivity index (χ3n) is 2.78. The van der Waals surface area contributed by atoms with E-state index in [9.17, 15) is 23.7 Å². The molecule has 0 heterocycles. The first-order chi connectivity index (χ1) is 9.88. The molecule has 2 aromatic rings. The van der Waals surface area contributed by atoms with Crippen LogP contribution in [0.25, 0.3) is 0 Å². The van der Waals surface area contributed by atoms with Gasteiger partial charge in [0.05, 0.1) is 16.2 Å². The number of carbonyl (C=O) groups excluding carboxylic acids is 1. The fourth-order valence-corrected chi connectivity index (χ4v) is 1.73. The van der Waals surface area contributed by atoms with Gasteiger partial charge in [-0.25, -0.2) is 8.78 Å². The van der Waals surface area contributed by atoms with Crippen molar-refractivity contribution >= 4 is 17.3 Å². The Kier molecular flexibility index (Phi) is 3.93. The van der Waals surface area contributed by atoms with Gasteiger partial charge in [-0.15, -0.1) is 0 Å².